The van der Waals surface area contributed by atoms with Gasteiger partial charge in [0.05, 0.1) is 12.1 Å². The minimum absolute atomic E-state index is 0.0706. The van der Waals surface area contributed by atoms with Crippen molar-refractivity contribution in [1.29, 1.82) is 0 Å². The summed E-state index contributed by atoms with van der Waals surface area (Å²) < 4.78 is 0. The summed E-state index contributed by atoms with van der Waals surface area (Å²) in [6.07, 6.45) is 0. The molecule has 1 aromatic rings. The van der Waals surface area contributed by atoms with Gasteiger partial charge in [0.25, 0.3) is 0 Å². The summed E-state index contributed by atoms with van der Waals surface area (Å²) in [4.78, 5) is 12.5. The second kappa shape index (κ2) is 5.80. The summed E-state index contributed by atoms with van der Waals surface area (Å²) in [5.74, 6) is -0.884. The van der Waals surface area contributed by atoms with Crippen LogP contribution in [0.4, 0.5) is 0 Å². The first-order valence-electron chi connectivity index (χ1n) is 5.57. The number of nitrogens with zero attached hydrogens (tertiary/aromatic N) is 1. The molecule has 1 rings (SSSR count). The van der Waals surface area contributed by atoms with Crippen molar-refractivity contribution in [3.63, 3.8) is 0 Å². The van der Waals surface area contributed by atoms with Gasteiger partial charge in [-0.15, -0.1) is 0 Å². The first kappa shape index (κ1) is 13.7. The molecule has 94 valence electrons. The zero-order valence-corrected chi connectivity index (χ0v) is 10.3. The minimum Gasteiger partial charge on any atom is -0.480 e. The molecule has 4 heteroatoms. The Morgan fingerprint density at radius 1 is 1.29 bits per heavy atom. The number of aliphatic carboxylic acids is 1. The Morgan fingerprint density at radius 3 is 2.35 bits per heavy atom. The van der Waals surface area contributed by atoms with E-state index in [0.717, 1.165) is 5.56 Å². The first-order chi connectivity index (χ1) is 7.87. The van der Waals surface area contributed by atoms with E-state index in [0.29, 0.717) is 13.1 Å². The average molecular weight is 237 g/mol. The second-order valence-electron chi connectivity index (χ2n) is 4.84. The number of aliphatic hydroxyl groups is 1. The normalized spacial score (nSPS) is 11.8. The molecule has 17 heavy (non-hydrogen) atoms. The molecule has 0 fully saturated rings. The summed E-state index contributed by atoms with van der Waals surface area (Å²) in [5, 5.41) is 18.6. The number of benzene rings is 1. The van der Waals surface area contributed by atoms with Gasteiger partial charge in [-0.2, -0.15) is 0 Å². The summed E-state index contributed by atoms with van der Waals surface area (Å²) in [5.41, 5.74) is 0.141. The van der Waals surface area contributed by atoms with Crippen LogP contribution in [-0.2, 0) is 11.3 Å². The summed E-state index contributed by atoms with van der Waals surface area (Å²) in [6.45, 7) is 4.13. The Hall–Kier alpha value is -1.39. The van der Waals surface area contributed by atoms with E-state index in [-0.39, 0.29) is 6.54 Å². The predicted octanol–water partition coefficient (Wildman–Crippen LogP) is 1.34. The first-order valence-corrected chi connectivity index (χ1v) is 5.57. The lowest BCUT2D eigenvalue weighted by atomic mass is 10.1. The summed E-state index contributed by atoms with van der Waals surface area (Å²) in [7, 11) is 0. The largest absolute Gasteiger partial charge is 0.480 e. The lowest BCUT2D eigenvalue weighted by Crippen LogP contribution is -2.40. The van der Waals surface area contributed by atoms with E-state index in [1.165, 1.54) is 0 Å². The van der Waals surface area contributed by atoms with Crippen LogP contribution in [0.15, 0.2) is 30.3 Å². The van der Waals surface area contributed by atoms with E-state index < -0.39 is 11.6 Å². The lowest BCUT2D eigenvalue weighted by Gasteiger charge is -2.27. The van der Waals surface area contributed by atoms with Crippen molar-refractivity contribution in [3.8, 4) is 0 Å². The van der Waals surface area contributed by atoms with Crippen molar-refractivity contribution in [2.24, 2.45) is 0 Å². The molecule has 0 spiro atoms. The Bertz CT molecular complexity index is 357. The fourth-order valence-corrected chi connectivity index (χ4v) is 1.75. The smallest absolute Gasteiger partial charge is 0.317 e. The monoisotopic (exact) mass is 237 g/mol. The predicted molar refractivity (Wildman–Crippen MR) is 65.7 cm³/mol. The number of carboxylic acids is 1. The molecule has 0 aliphatic carbocycles. The zero-order valence-electron chi connectivity index (χ0n) is 10.3. The molecule has 0 aliphatic rings. The van der Waals surface area contributed by atoms with Crippen molar-refractivity contribution in [3.05, 3.63) is 35.9 Å². The van der Waals surface area contributed by atoms with Crippen LogP contribution in [0.5, 0.6) is 0 Å². The molecule has 0 amide bonds. The van der Waals surface area contributed by atoms with Gasteiger partial charge in [-0.05, 0) is 19.4 Å². The molecule has 0 heterocycles. The second-order valence-corrected chi connectivity index (χ2v) is 4.84. The molecular formula is C13H19NO3. The standard InChI is InChI=1S/C13H19NO3/c1-13(2,17)10-14(9-12(15)16)8-11-6-4-3-5-7-11/h3-7,17H,8-10H2,1-2H3,(H,15,16). The van der Waals surface area contributed by atoms with Crippen molar-refractivity contribution in [2.45, 2.75) is 26.0 Å². The van der Waals surface area contributed by atoms with E-state index in [1.54, 1.807) is 18.7 Å². The highest BCUT2D eigenvalue weighted by Crippen LogP contribution is 2.09. The quantitative estimate of drug-likeness (QED) is 0.784. The summed E-state index contributed by atoms with van der Waals surface area (Å²) in [6, 6.07) is 9.64. The topological polar surface area (TPSA) is 60.8 Å². The lowest BCUT2D eigenvalue weighted by molar-refractivity contribution is -0.139. The third kappa shape index (κ3) is 6.04. The maximum Gasteiger partial charge on any atom is 0.317 e. The fourth-order valence-electron chi connectivity index (χ4n) is 1.75. The fraction of sp³-hybridized carbons (Fsp3) is 0.462. The molecule has 1 aromatic carbocycles. The SMILES string of the molecule is CC(C)(O)CN(CC(=O)O)Cc1ccccc1. The van der Waals surface area contributed by atoms with Crippen molar-refractivity contribution in [2.75, 3.05) is 13.1 Å². The molecule has 0 atom stereocenters. The van der Waals surface area contributed by atoms with Crippen LogP contribution in [0.1, 0.15) is 19.4 Å². The van der Waals surface area contributed by atoms with Gasteiger partial charge < -0.3 is 10.2 Å². The maximum absolute atomic E-state index is 10.8. The number of rotatable bonds is 6. The summed E-state index contributed by atoms with van der Waals surface area (Å²) >= 11 is 0. The Labute approximate surface area is 101 Å². The van der Waals surface area contributed by atoms with E-state index in [1.807, 2.05) is 30.3 Å². The Morgan fingerprint density at radius 2 is 1.88 bits per heavy atom. The maximum atomic E-state index is 10.8. The zero-order chi connectivity index (χ0) is 12.9. The van der Waals surface area contributed by atoms with Crippen LogP contribution < -0.4 is 0 Å². The van der Waals surface area contributed by atoms with Crippen LogP contribution in [-0.4, -0.2) is 39.8 Å². The number of carbonyl (C=O) groups is 1. The molecule has 0 saturated heterocycles. The van der Waals surface area contributed by atoms with Gasteiger partial charge in [0.15, 0.2) is 0 Å². The molecule has 0 saturated carbocycles. The minimum atomic E-state index is -0.899. The van der Waals surface area contributed by atoms with Crippen LogP contribution in [0.2, 0.25) is 0 Å². The van der Waals surface area contributed by atoms with Gasteiger partial charge in [0, 0.05) is 13.1 Å². The molecule has 0 bridgehead atoms. The van der Waals surface area contributed by atoms with Gasteiger partial charge >= 0.3 is 5.97 Å². The third-order valence-corrected chi connectivity index (χ3v) is 2.22. The van der Waals surface area contributed by atoms with Crippen LogP contribution in [0.25, 0.3) is 0 Å². The van der Waals surface area contributed by atoms with Gasteiger partial charge in [0.1, 0.15) is 0 Å². The Kier molecular flexibility index (Phi) is 4.66. The number of hydrogen-bond donors (Lipinski definition) is 2. The molecule has 4 nitrogen and oxygen atoms in total. The molecule has 0 radical (unpaired) electrons. The van der Waals surface area contributed by atoms with Crippen LogP contribution >= 0.6 is 0 Å². The molecule has 0 aliphatic heterocycles. The Balaban J connectivity index is 2.67. The van der Waals surface area contributed by atoms with E-state index >= 15 is 0 Å². The highest BCUT2D eigenvalue weighted by atomic mass is 16.4. The van der Waals surface area contributed by atoms with Gasteiger partial charge in [-0.1, -0.05) is 30.3 Å². The van der Waals surface area contributed by atoms with Crippen LogP contribution in [0.3, 0.4) is 0 Å². The number of carboxylic acid groups (broad SMARTS) is 1. The molecule has 0 unspecified atom stereocenters. The van der Waals surface area contributed by atoms with Crippen molar-refractivity contribution >= 4 is 5.97 Å². The van der Waals surface area contributed by atoms with Crippen LogP contribution in [0, 0.1) is 0 Å². The van der Waals surface area contributed by atoms with Gasteiger partial charge in [0.2, 0.25) is 0 Å². The van der Waals surface area contributed by atoms with Crippen molar-refractivity contribution < 1.29 is 15.0 Å². The van der Waals surface area contributed by atoms with Gasteiger partial charge in [-0.25, -0.2) is 0 Å². The molecule has 2 N–H and O–H groups in total. The molecular weight excluding hydrogens is 218 g/mol. The number of hydrogen-bond acceptors (Lipinski definition) is 3. The third-order valence-electron chi connectivity index (χ3n) is 2.22. The van der Waals surface area contributed by atoms with E-state index in [2.05, 4.69) is 0 Å². The van der Waals surface area contributed by atoms with E-state index in [9.17, 15) is 9.90 Å². The highest BCUT2D eigenvalue weighted by molar-refractivity contribution is 5.69. The molecule has 0 aromatic heterocycles. The van der Waals surface area contributed by atoms with Gasteiger partial charge in [-0.3, -0.25) is 9.69 Å². The average Bonchev–Trinajstić information content (AvgIpc) is 2.15. The van der Waals surface area contributed by atoms with Crippen molar-refractivity contribution in [1.82, 2.24) is 4.90 Å². The highest BCUT2D eigenvalue weighted by Gasteiger charge is 2.20. The van der Waals surface area contributed by atoms with E-state index in [4.69, 9.17) is 5.11 Å².